The van der Waals surface area contributed by atoms with Crippen LogP contribution in [0, 0.1) is 18.3 Å². The number of alkyl halides is 1. The summed E-state index contributed by atoms with van der Waals surface area (Å²) >= 11 is 5.06. The number of aromatic nitrogens is 1. The molecule has 4 amide bonds. The molecule has 0 unspecified atom stereocenters. The molecule has 52 heavy (non-hydrogen) atoms. The smallest absolute Gasteiger partial charge is 0.246 e. The molecule has 288 valence electrons. The summed E-state index contributed by atoms with van der Waals surface area (Å²) in [5.74, 6) is -1.06. The van der Waals surface area contributed by atoms with Crippen LogP contribution in [0.4, 0.5) is 0 Å². The van der Waals surface area contributed by atoms with Crippen molar-refractivity contribution in [1.29, 1.82) is 0 Å². The second-order valence-electron chi connectivity index (χ2n) is 15.7. The van der Waals surface area contributed by atoms with Crippen molar-refractivity contribution in [3.8, 4) is 10.4 Å². The molecule has 2 saturated heterocycles. The maximum Gasteiger partial charge on any atom is 0.246 e. The quantitative estimate of drug-likeness (QED) is 0.118. The molecule has 0 spiro atoms. The van der Waals surface area contributed by atoms with Crippen molar-refractivity contribution in [3.05, 3.63) is 41.0 Å². The van der Waals surface area contributed by atoms with Crippen LogP contribution in [0.5, 0.6) is 0 Å². The third-order valence-corrected chi connectivity index (χ3v) is 12.1. The molecule has 3 heterocycles. The molecule has 0 bridgehead atoms. The second-order valence-corrected chi connectivity index (χ2v) is 17.4. The Morgan fingerprint density at radius 3 is 2.13 bits per heavy atom. The largest absolute Gasteiger partial charge is 0.391 e. The first-order chi connectivity index (χ1) is 24.8. The number of aliphatic hydroxyl groups excluding tert-OH is 1. The van der Waals surface area contributed by atoms with Gasteiger partial charge in [0.25, 0.3) is 0 Å². The van der Waals surface area contributed by atoms with E-state index in [2.05, 4.69) is 31.5 Å². The van der Waals surface area contributed by atoms with Crippen LogP contribution in [0.2, 0.25) is 0 Å². The van der Waals surface area contributed by atoms with Gasteiger partial charge in [0.2, 0.25) is 23.6 Å². The molecule has 4 rings (SSSR count). The first-order valence-corrected chi connectivity index (χ1v) is 21.2. The Morgan fingerprint density at radius 2 is 1.56 bits per heavy atom. The summed E-state index contributed by atoms with van der Waals surface area (Å²) in [6, 6.07) is 5.93. The van der Waals surface area contributed by atoms with E-state index in [0.29, 0.717) is 32.4 Å². The number of hydrogen-bond donors (Lipinski definition) is 3. The molecular weight excluding hydrogens is 742 g/mol. The minimum absolute atomic E-state index is 0.0224. The highest BCUT2D eigenvalue weighted by Gasteiger charge is 2.45. The molecule has 12 heteroatoms. The number of thiazole rings is 1. The SMILES string of the molecule is Cc1ncsc1-c1ccc([C@H](C)NC(=O)[C@@H]2C[C@@H](O)CN2C(=O)[C@@H](NC(=O)C2CCN(C(=O)CCCCCCCCCCBr)CC2)C(C)(C)C)cc1. The molecule has 0 saturated carbocycles. The second kappa shape index (κ2) is 20.0. The van der Waals surface area contributed by atoms with Gasteiger partial charge in [0.15, 0.2) is 0 Å². The Balaban J connectivity index is 1.27. The fraction of sp³-hybridized carbons (Fsp3) is 0.675. The van der Waals surface area contributed by atoms with Gasteiger partial charge in [-0.25, -0.2) is 4.98 Å². The van der Waals surface area contributed by atoms with Gasteiger partial charge < -0.3 is 25.5 Å². The Morgan fingerprint density at radius 1 is 0.942 bits per heavy atom. The van der Waals surface area contributed by atoms with Crippen molar-refractivity contribution in [2.24, 2.45) is 11.3 Å². The minimum atomic E-state index is -0.884. The highest BCUT2D eigenvalue weighted by molar-refractivity contribution is 9.09. The lowest BCUT2D eigenvalue weighted by Gasteiger charge is -2.37. The van der Waals surface area contributed by atoms with Crippen LogP contribution in [0.15, 0.2) is 29.8 Å². The van der Waals surface area contributed by atoms with E-state index >= 15 is 0 Å². The number of nitrogens with zero attached hydrogens (tertiary/aromatic N) is 3. The lowest BCUT2D eigenvalue weighted by atomic mass is 9.84. The number of piperidine rings is 1. The summed E-state index contributed by atoms with van der Waals surface area (Å²) in [7, 11) is 0. The third kappa shape index (κ3) is 11.8. The Labute approximate surface area is 323 Å². The van der Waals surface area contributed by atoms with Crippen molar-refractivity contribution in [2.75, 3.05) is 25.0 Å². The van der Waals surface area contributed by atoms with Crippen LogP contribution in [0.1, 0.15) is 122 Å². The number of amides is 4. The molecule has 2 aliphatic heterocycles. The number of aliphatic hydroxyl groups is 1. The number of unbranched alkanes of at least 4 members (excludes halogenated alkanes) is 7. The normalized spacial score (nSPS) is 19.4. The number of carbonyl (C=O) groups is 4. The van der Waals surface area contributed by atoms with Crippen LogP contribution in [-0.2, 0) is 19.2 Å². The van der Waals surface area contributed by atoms with Crippen molar-refractivity contribution in [3.63, 3.8) is 0 Å². The number of rotatable bonds is 17. The van der Waals surface area contributed by atoms with Crippen LogP contribution < -0.4 is 10.6 Å². The first-order valence-electron chi connectivity index (χ1n) is 19.2. The van der Waals surface area contributed by atoms with E-state index in [-0.39, 0.29) is 48.6 Å². The first kappa shape index (κ1) is 41.9. The van der Waals surface area contributed by atoms with E-state index < -0.39 is 23.6 Å². The van der Waals surface area contributed by atoms with Crippen LogP contribution >= 0.6 is 27.3 Å². The van der Waals surface area contributed by atoms with Gasteiger partial charge >= 0.3 is 0 Å². The molecule has 3 N–H and O–H groups in total. The molecule has 4 atom stereocenters. The van der Waals surface area contributed by atoms with Gasteiger partial charge in [-0.15, -0.1) is 11.3 Å². The van der Waals surface area contributed by atoms with Gasteiger partial charge in [0.05, 0.1) is 28.2 Å². The zero-order valence-corrected chi connectivity index (χ0v) is 34.2. The predicted octanol–water partition coefficient (Wildman–Crippen LogP) is 6.93. The number of aryl methyl sites for hydroxylation is 1. The van der Waals surface area contributed by atoms with Crippen molar-refractivity contribution < 1.29 is 24.3 Å². The summed E-state index contributed by atoms with van der Waals surface area (Å²) in [6.07, 6.45) is 10.4. The van der Waals surface area contributed by atoms with Gasteiger partial charge in [-0.1, -0.05) is 99.5 Å². The van der Waals surface area contributed by atoms with Crippen molar-refractivity contribution in [1.82, 2.24) is 25.4 Å². The lowest BCUT2D eigenvalue weighted by Crippen LogP contribution is -2.59. The molecule has 1 aromatic heterocycles. The topological polar surface area (TPSA) is 132 Å². The average Bonchev–Trinajstić information content (AvgIpc) is 3.74. The number of likely N-dealkylation sites (tertiary alicyclic amines) is 2. The van der Waals surface area contributed by atoms with Crippen LogP contribution in [0.25, 0.3) is 10.4 Å². The highest BCUT2D eigenvalue weighted by atomic mass is 79.9. The monoisotopic (exact) mass is 801 g/mol. The summed E-state index contributed by atoms with van der Waals surface area (Å²) in [5.41, 5.74) is 4.15. The fourth-order valence-corrected chi connectivity index (χ4v) is 8.46. The summed E-state index contributed by atoms with van der Waals surface area (Å²) < 4.78 is 0. The van der Waals surface area contributed by atoms with Gasteiger partial charge in [0, 0.05) is 43.7 Å². The van der Waals surface area contributed by atoms with Crippen molar-refractivity contribution >= 4 is 50.9 Å². The molecule has 10 nitrogen and oxygen atoms in total. The summed E-state index contributed by atoms with van der Waals surface area (Å²) in [5, 5.41) is 17.8. The lowest BCUT2D eigenvalue weighted by molar-refractivity contribution is -0.145. The number of β-amino-alcohol motifs (C(OH)–C–C–N with tert-alkyl or cyclic N) is 1. The number of carbonyl (C=O) groups excluding carboxylic acids is 4. The van der Waals surface area contributed by atoms with Gasteiger partial charge in [-0.2, -0.15) is 0 Å². The van der Waals surface area contributed by atoms with E-state index in [4.69, 9.17) is 0 Å². The molecule has 2 fully saturated rings. The summed E-state index contributed by atoms with van der Waals surface area (Å²) in [6.45, 7) is 10.6. The number of hydrogen-bond acceptors (Lipinski definition) is 7. The number of nitrogens with one attached hydrogen (secondary N) is 2. The molecule has 2 aromatic rings. The molecule has 0 aliphatic carbocycles. The van der Waals surface area contributed by atoms with E-state index in [1.54, 1.807) is 11.3 Å². The standard InChI is InChI=1S/C40H60BrN5O5S/c1-27(29-15-17-30(18-16-29)35-28(2)42-26-52-35)43-38(50)33-24-32(47)25-46(33)39(51)36(40(3,4)5)44-37(49)31-19-22-45(23-20-31)34(48)14-12-10-8-6-7-9-11-13-21-41/h15-18,26-27,31-33,36,47H,6-14,19-25H2,1-5H3,(H,43,50)(H,44,49)/t27-,32+,33-,36+/m0/s1. The minimum Gasteiger partial charge on any atom is -0.391 e. The molecule has 1 aromatic carbocycles. The Kier molecular flexibility index (Phi) is 16.1. The van der Waals surface area contributed by atoms with Gasteiger partial charge in [-0.3, -0.25) is 19.2 Å². The van der Waals surface area contributed by atoms with E-state index in [1.165, 1.54) is 43.4 Å². The zero-order valence-electron chi connectivity index (χ0n) is 31.8. The zero-order chi connectivity index (χ0) is 37.8. The third-order valence-electron chi connectivity index (χ3n) is 10.5. The maximum absolute atomic E-state index is 14.1. The van der Waals surface area contributed by atoms with Gasteiger partial charge in [-0.05, 0) is 56.1 Å². The van der Waals surface area contributed by atoms with Crippen LogP contribution in [-0.4, -0.2) is 86.7 Å². The van der Waals surface area contributed by atoms with Crippen LogP contribution in [0.3, 0.4) is 0 Å². The molecular formula is C40H60BrN5O5S. The van der Waals surface area contributed by atoms with Crippen molar-refractivity contribution in [2.45, 2.75) is 136 Å². The van der Waals surface area contributed by atoms with Gasteiger partial charge in [0.1, 0.15) is 12.1 Å². The fourth-order valence-electron chi connectivity index (χ4n) is 7.26. The highest BCUT2D eigenvalue weighted by Crippen LogP contribution is 2.30. The van der Waals surface area contributed by atoms with E-state index in [1.807, 2.05) is 69.3 Å². The maximum atomic E-state index is 14.1. The van der Waals surface area contributed by atoms with E-state index in [9.17, 15) is 24.3 Å². The molecule has 0 radical (unpaired) electrons. The number of benzene rings is 1. The number of halogens is 1. The van der Waals surface area contributed by atoms with E-state index in [0.717, 1.165) is 39.9 Å². The Hall–Kier alpha value is -2.83. The summed E-state index contributed by atoms with van der Waals surface area (Å²) in [4.78, 5) is 63.0. The Bertz CT molecular complexity index is 1470. The molecule has 2 aliphatic rings. The average molecular weight is 803 g/mol. The predicted molar refractivity (Wildman–Crippen MR) is 211 cm³/mol.